The summed E-state index contributed by atoms with van der Waals surface area (Å²) in [6.45, 7) is 2.79. The maximum Gasteiger partial charge on any atom is 0.573 e. The number of hydrogen-bond acceptors (Lipinski definition) is 6. The normalized spacial score (nSPS) is 23.6. The molecule has 13 heteroatoms. The maximum absolute atomic E-state index is 13.2. The van der Waals surface area contributed by atoms with Crippen molar-refractivity contribution in [3.63, 3.8) is 0 Å². The molecule has 5 rings (SSSR count). The first-order valence-corrected chi connectivity index (χ1v) is 11.8. The van der Waals surface area contributed by atoms with Crippen LogP contribution in [0.5, 0.6) is 5.75 Å². The van der Waals surface area contributed by atoms with Gasteiger partial charge >= 0.3 is 12.4 Å². The quantitative estimate of drug-likeness (QED) is 0.663. The Kier molecular flexibility index (Phi) is 6.27. The number of aryl methyl sites for hydroxylation is 1. The van der Waals surface area contributed by atoms with Crippen LogP contribution < -0.4 is 4.74 Å². The van der Waals surface area contributed by atoms with Gasteiger partial charge in [-0.3, -0.25) is 9.89 Å². The van der Waals surface area contributed by atoms with E-state index in [1.54, 1.807) is 21.8 Å². The van der Waals surface area contributed by atoms with Crippen LogP contribution in [0, 0.1) is 5.92 Å². The molecule has 36 heavy (non-hydrogen) atoms. The van der Waals surface area contributed by atoms with Gasteiger partial charge in [0.15, 0.2) is 0 Å². The molecule has 2 fully saturated rings. The number of aromatic amines is 1. The highest BCUT2D eigenvalue weighted by Gasteiger charge is 2.55. The van der Waals surface area contributed by atoms with Crippen molar-refractivity contribution in [2.24, 2.45) is 5.92 Å². The first-order chi connectivity index (χ1) is 17.2. The Morgan fingerprint density at radius 2 is 1.86 bits per heavy atom. The molecule has 0 saturated carbocycles. The molecule has 1 aromatic carbocycles. The van der Waals surface area contributed by atoms with Crippen molar-refractivity contribution < 1.29 is 32.2 Å². The molecular formula is C23H27F3N6O4. The molecule has 4 heterocycles. The van der Waals surface area contributed by atoms with E-state index in [1.165, 1.54) is 24.3 Å². The van der Waals surface area contributed by atoms with Crippen molar-refractivity contribution in [3.8, 4) is 5.75 Å². The minimum Gasteiger partial charge on any atom is -0.406 e. The highest BCUT2D eigenvalue weighted by Crippen LogP contribution is 2.38. The summed E-state index contributed by atoms with van der Waals surface area (Å²) in [5, 5.41) is 10.7. The molecule has 0 spiro atoms. The summed E-state index contributed by atoms with van der Waals surface area (Å²) in [6, 6.07) is 5.46. The number of benzene rings is 1. The standard InChI is InChI=1S/C23H27F3N6O4/c1-35-22-13-31(20(33)7-4-15-2-5-17(6-3-15)36-23(24,25)26)10-16(22)11-32(14-22)21(34)30-9-8-18-19(12-30)28-29-27-18/h2-3,5-6,16H,4,7-14H2,1H3,(H,27,28,29). The van der Waals surface area contributed by atoms with Crippen LogP contribution in [0.2, 0.25) is 0 Å². The number of aromatic nitrogens is 3. The molecule has 0 radical (unpaired) electrons. The van der Waals surface area contributed by atoms with Gasteiger partial charge in [0.2, 0.25) is 5.91 Å². The summed E-state index contributed by atoms with van der Waals surface area (Å²) >= 11 is 0. The Hall–Kier alpha value is -3.35. The minimum atomic E-state index is -4.74. The number of carbonyl (C=O) groups is 2. The number of alkyl halides is 3. The van der Waals surface area contributed by atoms with Gasteiger partial charge in [-0.15, -0.1) is 18.3 Å². The Labute approximate surface area is 205 Å². The third kappa shape index (κ3) is 4.84. The van der Waals surface area contributed by atoms with Crippen LogP contribution >= 0.6 is 0 Å². The van der Waals surface area contributed by atoms with Crippen molar-refractivity contribution in [1.29, 1.82) is 0 Å². The maximum atomic E-state index is 13.2. The van der Waals surface area contributed by atoms with Crippen LogP contribution in [0.4, 0.5) is 18.0 Å². The fraction of sp³-hybridized carbons (Fsp3) is 0.565. The molecular weight excluding hydrogens is 481 g/mol. The van der Waals surface area contributed by atoms with Crippen molar-refractivity contribution in [2.75, 3.05) is 39.8 Å². The Morgan fingerprint density at radius 3 is 2.56 bits per heavy atom. The molecule has 0 bridgehead atoms. The molecule has 194 valence electrons. The van der Waals surface area contributed by atoms with E-state index in [0.29, 0.717) is 52.1 Å². The van der Waals surface area contributed by atoms with Crippen molar-refractivity contribution >= 4 is 11.9 Å². The summed E-state index contributed by atoms with van der Waals surface area (Å²) in [7, 11) is 1.61. The number of ether oxygens (including phenoxy) is 2. The largest absolute Gasteiger partial charge is 0.573 e. The average Bonchev–Trinajstić information content (AvgIpc) is 3.54. The zero-order valence-corrected chi connectivity index (χ0v) is 19.8. The molecule has 10 nitrogen and oxygen atoms in total. The lowest BCUT2D eigenvalue weighted by Gasteiger charge is -2.32. The monoisotopic (exact) mass is 508 g/mol. The minimum absolute atomic E-state index is 0.00148. The summed E-state index contributed by atoms with van der Waals surface area (Å²) < 4.78 is 46.7. The number of likely N-dealkylation sites (tertiary alicyclic amines) is 2. The fourth-order valence-electron chi connectivity index (χ4n) is 5.37. The van der Waals surface area contributed by atoms with E-state index in [2.05, 4.69) is 20.1 Å². The van der Waals surface area contributed by atoms with Gasteiger partial charge in [0, 0.05) is 45.5 Å². The van der Waals surface area contributed by atoms with Crippen LogP contribution in [0.25, 0.3) is 0 Å². The average molecular weight is 509 g/mol. The highest BCUT2D eigenvalue weighted by atomic mass is 19.4. The van der Waals surface area contributed by atoms with Crippen molar-refractivity contribution in [1.82, 2.24) is 30.1 Å². The first kappa shape index (κ1) is 24.3. The van der Waals surface area contributed by atoms with Gasteiger partial charge in [-0.25, -0.2) is 4.79 Å². The number of carbonyl (C=O) groups excluding carboxylic acids is 2. The number of amides is 3. The zero-order valence-electron chi connectivity index (χ0n) is 19.8. The number of halogens is 3. The van der Waals surface area contributed by atoms with Crippen molar-refractivity contribution in [3.05, 3.63) is 41.2 Å². The van der Waals surface area contributed by atoms with E-state index >= 15 is 0 Å². The summed E-state index contributed by atoms with van der Waals surface area (Å²) in [6.07, 6.45) is -3.43. The van der Waals surface area contributed by atoms with Gasteiger partial charge in [0.1, 0.15) is 17.0 Å². The number of urea groups is 1. The molecule has 3 aliphatic heterocycles. The zero-order chi connectivity index (χ0) is 25.5. The molecule has 0 aliphatic carbocycles. The smallest absolute Gasteiger partial charge is 0.406 e. The number of methoxy groups -OCH3 is 1. The molecule has 2 saturated heterocycles. The molecule has 1 N–H and O–H groups in total. The number of nitrogens with one attached hydrogen (secondary N) is 1. The number of rotatable bonds is 5. The second-order valence-electron chi connectivity index (χ2n) is 9.50. The van der Waals surface area contributed by atoms with Gasteiger partial charge in [-0.1, -0.05) is 17.3 Å². The van der Waals surface area contributed by atoms with Gasteiger partial charge in [-0.2, -0.15) is 0 Å². The lowest BCUT2D eigenvalue weighted by atomic mass is 9.95. The van der Waals surface area contributed by atoms with Gasteiger partial charge < -0.3 is 24.2 Å². The van der Waals surface area contributed by atoms with E-state index in [1.807, 2.05) is 0 Å². The number of hydrogen-bond donors (Lipinski definition) is 1. The lowest BCUT2D eigenvalue weighted by Crippen LogP contribution is -2.48. The van der Waals surface area contributed by atoms with Gasteiger partial charge in [0.25, 0.3) is 0 Å². The summed E-state index contributed by atoms with van der Waals surface area (Å²) in [5.74, 6) is -0.345. The van der Waals surface area contributed by atoms with E-state index in [-0.39, 0.29) is 30.0 Å². The lowest BCUT2D eigenvalue weighted by molar-refractivity contribution is -0.274. The summed E-state index contributed by atoms with van der Waals surface area (Å²) in [4.78, 5) is 31.4. The fourth-order valence-corrected chi connectivity index (χ4v) is 5.37. The van der Waals surface area contributed by atoms with E-state index in [9.17, 15) is 22.8 Å². The van der Waals surface area contributed by atoms with Crippen LogP contribution in [0.15, 0.2) is 24.3 Å². The second kappa shape index (κ2) is 9.26. The molecule has 1 aromatic heterocycles. The molecule has 3 aliphatic rings. The van der Waals surface area contributed by atoms with E-state index in [0.717, 1.165) is 17.0 Å². The number of fused-ring (bicyclic) bond motifs is 2. The molecule has 2 atom stereocenters. The number of H-pyrrole nitrogens is 1. The number of nitrogens with zero attached hydrogens (tertiary/aromatic N) is 5. The Balaban J connectivity index is 1.14. The van der Waals surface area contributed by atoms with Crippen LogP contribution in [-0.2, 0) is 28.9 Å². The van der Waals surface area contributed by atoms with Crippen LogP contribution in [0.3, 0.4) is 0 Å². The molecule has 3 amide bonds. The predicted molar refractivity (Wildman–Crippen MR) is 119 cm³/mol. The molecule has 2 aromatic rings. The first-order valence-electron chi connectivity index (χ1n) is 11.8. The predicted octanol–water partition coefficient (Wildman–Crippen LogP) is 1.97. The third-order valence-corrected chi connectivity index (χ3v) is 7.30. The highest BCUT2D eigenvalue weighted by molar-refractivity contribution is 5.78. The van der Waals surface area contributed by atoms with E-state index < -0.39 is 12.0 Å². The second-order valence-corrected chi connectivity index (χ2v) is 9.50. The summed E-state index contributed by atoms with van der Waals surface area (Å²) in [5.41, 5.74) is 1.88. The Morgan fingerprint density at radius 1 is 1.14 bits per heavy atom. The van der Waals surface area contributed by atoms with E-state index in [4.69, 9.17) is 4.74 Å². The van der Waals surface area contributed by atoms with Crippen LogP contribution in [0.1, 0.15) is 23.4 Å². The SMILES string of the molecule is COC12CN(C(=O)CCc3ccc(OC(F)(F)F)cc3)CC1CN(C(=O)N1CCc3[nH]nnc3C1)C2. The third-order valence-electron chi connectivity index (χ3n) is 7.30. The van der Waals surface area contributed by atoms with Gasteiger partial charge in [0.05, 0.1) is 25.3 Å². The van der Waals surface area contributed by atoms with Crippen molar-refractivity contribution in [2.45, 2.75) is 37.8 Å². The van der Waals surface area contributed by atoms with Gasteiger partial charge in [-0.05, 0) is 24.1 Å². The molecule has 2 unspecified atom stereocenters. The Bertz CT molecular complexity index is 1120. The van der Waals surface area contributed by atoms with Crippen LogP contribution in [-0.4, -0.2) is 93.8 Å². The topological polar surface area (TPSA) is 104 Å².